The Morgan fingerprint density at radius 2 is 1.96 bits per heavy atom. The summed E-state index contributed by atoms with van der Waals surface area (Å²) in [6, 6.07) is 12.6. The number of aromatic nitrogens is 2. The number of hydrogen-bond acceptors (Lipinski definition) is 5. The van der Waals surface area contributed by atoms with Crippen molar-refractivity contribution in [3.8, 4) is 17.2 Å². The van der Waals surface area contributed by atoms with Crippen LogP contribution in [-0.2, 0) is 4.79 Å². The van der Waals surface area contributed by atoms with Crippen molar-refractivity contribution in [2.24, 2.45) is 0 Å². The van der Waals surface area contributed by atoms with E-state index in [9.17, 15) is 9.18 Å². The molecule has 6 nitrogen and oxygen atoms in total. The molecule has 0 aliphatic rings. The third-order valence-electron chi connectivity index (χ3n) is 3.26. The number of hydrogen-bond donors (Lipinski definition) is 1. The molecular formula is C17H13ClFN3O3. The largest absolute Gasteiger partial charge is 0.478 e. The lowest BCUT2D eigenvalue weighted by Crippen LogP contribution is -2.30. The quantitative estimate of drug-likeness (QED) is 0.744. The number of amides is 1. The summed E-state index contributed by atoms with van der Waals surface area (Å²) in [5.74, 6) is -0.882. The van der Waals surface area contributed by atoms with E-state index in [0.717, 1.165) is 0 Å². The predicted octanol–water partition coefficient (Wildman–Crippen LogP) is 3.94. The third kappa shape index (κ3) is 4.13. The van der Waals surface area contributed by atoms with Crippen LogP contribution < -0.4 is 10.1 Å². The van der Waals surface area contributed by atoms with Crippen LogP contribution in [0.25, 0.3) is 11.5 Å². The van der Waals surface area contributed by atoms with Crippen molar-refractivity contribution in [3.63, 3.8) is 0 Å². The smallest absolute Gasteiger partial charge is 0.270 e. The highest BCUT2D eigenvalue weighted by atomic mass is 35.5. The predicted molar refractivity (Wildman–Crippen MR) is 89.9 cm³/mol. The molecule has 0 unspecified atom stereocenters. The zero-order valence-corrected chi connectivity index (χ0v) is 13.8. The van der Waals surface area contributed by atoms with Crippen LogP contribution in [0.2, 0.25) is 5.02 Å². The first-order chi connectivity index (χ1) is 12.0. The minimum absolute atomic E-state index is 0.0138. The van der Waals surface area contributed by atoms with Gasteiger partial charge in [0.05, 0.1) is 0 Å². The first kappa shape index (κ1) is 16.9. The van der Waals surface area contributed by atoms with Crippen LogP contribution in [0.5, 0.6) is 5.75 Å². The van der Waals surface area contributed by atoms with Crippen molar-refractivity contribution in [1.82, 2.24) is 10.1 Å². The number of para-hydroxylation sites is 1. The van der Waals surface area contributed by atoms with Gasteiger partial charge in [0.15, 0.2) is 17.7 Å². The van der Waals surface area contributed by atoms with Crippen LogP contribution in [0.15, 0.2) is 53.1 Å². The summed E-state index contributed by atoms with van der Waals surface area (Å²) >= 11 is 5.82. The molecule has 0 fully saturated rings. The molecule has 1 atom stereocenters. The Bertz CT molecular complexity index is 883. The Morgan fingerprint density at radius 3 is 2.68 bits per heavy atom. The summed E-state index contributed by atoms with van der Waals surface area (Å²) in [6.07, 6.45) is -0.950. The molecule has 0 aliphatic heterocycles. The maximum Gasteiger partial charge on any atom is 0.270 e. The Hall–Kier alpha value is -2.93. The topological polar surface area (TPSA) is 77.2 Å². The number of nitrogens with zero attached hydrogens (tertiary/aromatic N) is 2. The fraction of sp³-hybridized carbons (Fsp3) is 0.118. The molecule has 0 radical (unpaired) electrons. The second-order valence-corrected chi connectivity index (χ2v) is 5.55. The van der Waals surface area contributed by atoms with Crippen molar-refractivity contribution in [2.75, 3.05) is 5.32 Å². The molecule has 2 aromatic carbocycles. The van der Waals surface area contributed by atoms with Gasteiger partial charge in [0.25, 0.3) is 17.7 Å². The molecule has 1 amide bonds. The number of anilines is 1. The minimum Gasteiger partial charge on any atom is -0.478 e. The van der Waals surface area contributed by atoms with E-state index >= 15 is 0 Å². The lowest BCUT2D eigenvalue weighted by molar-refractivity contribution is -0.122. The van der Waals surface area contributed by atoms with E-state index in [1.54, 1.807) is 30.3 Å². The second-order valence-electron chi connectivity index (χ2n) is 5.11. The van der Waals surface area contributed by atoms with Crippen molar-refractivity contribution in [3.05, 3.63) is 59.4 Å². The molecular weight excluding hydrogens is 349 g/mol. The van der Waals surface area contributed by atoms with Crippen molar-refractivity contribution in [2.45, 2.75) is 13.0 Å². The number of ether oxygens (including phenoxy) is 1. The van der Waals surface area contributed by atoms with E-state index in [1.165, 1.54) is 25.1 Å². The summed E-state index contributed by atoms with van der Waals surface area (Å²) in [4.78, 5) is 16.2. The number of benzene rings is 2. The standard InChI is InChI=1S/C17H13ClFN3O3/c1-10(24-14-5-3-2-4-13(14)19)15(23)20-17-21-16(25-22-17)11-6-8-12(18)9-7-11/h2-10H,1H3,(H,20,22,23)/t10-/m0/s1. The van der Waals surface area contributed by atoms with Crippen LogP contribution in [0.4, 0.5) is 10.3 Å². The highest BCUT2D eigenvalue weighted by molar-refractivity contribution is 6.30. The van der Waals surface area contributed by atoms with Gasteiger partial charge in [-0.3, -0.25) is 10.1 Å². The van der Waals surface area contributed by atoms with Gasteiger partial charge >= 0.3 is 0 Å². The van der Waals surface area contributed by atoms with Crippen molar-refractivity contribution >= 4 is 23.5 Å². The maximum atomic E-state index is 13.6. The second kappa shape index (κ2) is 7.31. The van der Waals surface area contributed by atoms with Gasteiger partial charge in [-0.1, -0.05) is 23.7 Å². The first-order valence-corrected chi connectivity index (χ1v) is 7.72. The van der Waals surface area contributed by atoms with Gasteiger partial charge in [-0.2, -0.15) is 4.98 Å². The van der Waals surface area contributed by atoms with Crippen molar-refractivity contribution < 1.29 is 18.4 Å². The Morgan fingerprint density at radius 1 is 1.24 bits per heavy atom. The highest BCUT2D eigenvalue weighted by Gasteiger charge is 2.19. The van der Waals surface area contributed by atoms with Crippen molar-refractivity contribution in [1.29, 1.82) is 0 Å². The van der Waals surface area contributed by atoms with Crippen LogP contribution >= 0.6 is 11.6 Å². The average molecular weight is 362 g/mol. The van der Waals surface area contributed by atoms with Gasteiger partial charge in [0, 0.05) is 10.6 Å². The minimum atomic E-state index is -0.950. The molecule has 0 bridgehead atoms. The molecule has 0 spiro atoms. The zero-order valence-electron chi connectivity index (χ0n) is 13.1. The lowest BCUT2D eigenvalue weighted by Gasteiger charge is -2.13. The Balaban J connectivity index is 1.65. The molecule has 25 heavy (non-hydrogen) atoms. The Kier molecular flexibility index (Phi) is 4.95. The van der Waals surface area contributed by atoms with E-state index in [-0.39, 0.29) is 17.6 Å². The summed E-state index contributed by atoms with van der Waals surface area (Å²) in [5.41, 5.74) is 0.660. The van der Waals surface area contributed by atoms with Gasteiger partial charge in [0.2, 0.25) is 0 Å². The molecule has 0 saturated carbocycles. The van der Waals surface area contributed by atoms with E-state index < -0.39 is 17.8 Å². The molecule has 1 aromatic heterocycles. The fourth-order valence-corrected chi connectivity index (χ4v) is 2.11. The summed E-state index contributed by atoms with van der Waals surface area (Å²) in [7, 11) is 0. The van der Waals surface area contributed by atoms with Crippen LogP contribution in [0, 0.1) is 5.82 Å². The maximum absolute atomic E-state index is 13.6. The van der Waals surface area contributed by atoms with E-state index in [0.29, 0.717) is 10.6 Å². The fourth-order valence-electron chi connectivity index (χ4n) is 1.98. The normalized spacial score (nSPS) is 11.8. The molecule has 1 heterocycles. The van der Waals surface area contributed by atoms with Crippen LogP contribution in [0.1, 0.15) is 6.92 Å². The number of nitrogens with one attached hydrogen (secondary N) is 1. The number of carbonyl (C=O) groups excluding carboxylic acids is 1. The summed E-state index contributed by atoms with van der Waals surface area (Å²) < 4.78 is 23.9. The number of halogens is 2. The molecule has 8 heteroatoms. The third-order valence-corrected chi connectivity index (χ3v) is 3.51. The monoisotopic (exact) mass is 361 g/mol. The number of carbonyl (C=O) groups is 1. The van der Waals surface area contributed by atoms with Gasteiger partial charge in [-0.15, -0.1) is 0 Å². The molecule has 128 valence electrons. The van der Waals surface area contributed by atoms with Crippen LogP contribution in [0.3, 0.4) is 0 Å². The number of rotatable bonds is 5. The van der Waals surface area contributed by atoms with Gasteiger partial charge in [0.1, 0.15) is 0 Å². The molecule has 1 N–H and O–H groups in total. The van der Waals surface area contributed by atoms with E-state index in [4.69, 9.17) is 20.9 Å². The highest BCUT2D eigenvalue weighted by Crippen LogP contribution is 2.21. The first-order valence-electron chi connectivity index (χ1n) is 7.34. The zero-order chi connectivity index (χ0) is 17.8. The summed E-state index contributed by atoms with van der Waals surface area (Å²) in [6.45, 7) is 1.49. The van der Waals surface area contributed by atoms with Gasteiger partial charge in [-0.05, 0) is 48.5 Å². The summed E-state index contributed by atoms with van der Waals surface area (Å²) in [5, 5.41) is 6.72. The van der Waals surface area contributed by atoms with E-state index in [2.05, 4.69) is 15.5 Å². The van der Waals surface area contributed by atoms with Crippen LogP contribution in [-0.4, -0.2) is 22.2 Å². The molecule has 0 aliphatic carbocycles. The van der Waals surface area contributed by atoms with Gasteiger partial charge in [-0.25, -0.2) is 4.39 Å². The molecule has 0 saturated heterocycles. The molecule has 3 aromatic rings. The average Bonchev–Trinajstić information content (AvgIpc) is 3.06. The Labute approximate surface area is 147 Å². The lowest BCUT2D eigenvalue weighted by atomic mass is 10.2. The molecule has 3 rings (SSSR count). The SMILES string of the molecule is C[C@H](Oc1ccccc1F)C(=O)Nc1noc(-c2ccc(Cl)cc2)n1. The van der Waals surface area contributed by atoms with Gasteiger partial charge < -0.3 is 9.26 Å². The van der Waals surface area contributed by atoms with E-state index in [1.807, 2.05) is 0 Å².